The molecule has 1 rings (SSSR count). The highest BCUT2D eigenvalue weighted by atomic mass is 79.9. The highest BCUT2D eigenvalue weighted by Gasteiger charge is 1.98. The van der Waals surface area contributed by atoms with Crippen LogP contribution in [-0.4, -0.2) is 0 Å². The first-order chi connectivity index (χ1) is 6.27. The van der Waals surface area contributed by atoms with E-state index in [0.717, 1.165) is 22.0 Å². The van der Waals surface area contributed by atoms with Crippen molar-refractivity contribution in [2.24, 2.45) is 0 Å². The molecule has 1 nitrogen and oxygen atoms in total. The van der Waals surface area contributed by atoms with Crippen LogP contribution in [0, 0.1) is 11.3 Å². The summed E-state index contributed by atoms with van der Waals surface area (Å²) in [6.07, 6.45) is 2.48. The smallest absolute Gasteiger partial charge is 0.0915 e. The Morgan fingerprint density at radius 3 is 2.92 bits per heavy atom. The van der Waals surface area contributed by atoms with E-state index in [1.807, 2.05) is 31.2 Å². The zero-order valence-electron chi connectivity index (χ0n) is 7.42. The lowest BCUT2D eigenvalue weighted by Gasteiger charge is -2.02. The average molecular weight is 236 g/mol. The molecule has 66 valence electrons. The normalized spacial score (nSPS) is 11.0. The van der Waals surface area contributed by atoms with Crippen molar-refractivity contribution in [1.29, 1.82) is 5.26 Å². The van der Waals surface area contributed by atoms with Crippen LogP contribution in [0.15, 0.2) is 34.8 Å². The Labute approximate surface area is 86.8 Å². The average Bonchev–Trinajstić information content (AvgIpc) is 2.14. The van der Waals surface area contributed by atoms with Gasteiger partial charge in [0, 0.05) is 10.5 Å². The minimum atomic E-state index is 0.879. The molecule has 1 aromatic carbocycles. The molecule has 0 aliphatic rings. The molecule has 2 heteroatoms. The maximum absolute atomic E-state index is 8.56. The van der Waals surface area contributed by atoms with Crippen LogP contribution in [0.3, 0.4) is 0 Å². The van der Waals surface area contributed by atoms with Crippen LogP contribution in [0.5, 0.6) is 0 Å². The lowest BCUT2D eigenvalue weighted by Crippen LogP contribution is -1.81. The molecule has 0 atom stereocenters. The van der Waals surface area contributed by atoms with Crippen LogP contribution in [0.2, 0.25) is 0 Å². The van der Waals surface area contributed by atoms with E-state index in [1.54, 1.807) is 6.08 Å². The maximum Gasteiger partial charge on any atom is 0.0915 e. The Morgan fingerprint density at radius 1 is 1.62 bits per heavy atom. The zero-order valence-corrected chi connectivity index (χ0v) is 9.01. The van der Waals surface area contributed by atoms with Crippen molar-refractivity contribution in [3.05, 3.63) is 40.4 Å². The minimum absolute atomic E-state index is 0.879. The number of hydrogen-bond acceptors (Lipinski definition) is 1. The van der Waals surface area contributed by atoms with Crippen LogP contribution in [0.4, 0.5) is 0 Å². The van der Waals surface area contributed by atoms with Crippen molar-refractivity contribution in [2.75, 3.05) is 0 Å². The van der Waals surface area contributed by atoms with Gasteiger partial charge in [0.15, 0.2) is 0 Å². The summed E-state index contributed by atoms with van der Waals surface area (Å²) in [4.78, 5) is 0. The van der Waals surface area contributed by atoms with E-state index in [4.69, 9.17) is 5.26 Å². The highest BCUT2D eigenvalue weighted by molar-refractivity contribution is 9.10. The van der Waals surface area contributed by atoms with Crippen molar-refractivity contribution >= 4 is 21.5 Å². The molecule has 0 unspecified atom stereocenters. The monoisotopic (exact) mass is 235 g/mol. The molecule has 0 aliphatic carbocycles. The molecule has 13 heavy (non-hydrogen) atoms. The van der Waals surface area contributed by atoms with Gasteiger partial charge in [-0.3, -0.25) is 0 Å². The van der Waals surface area contributed by atoms with Crippen molar-refractivity contribution in [1.82, 2.24) is 0 Å². The largest absolute Gasteiger partial charge is 0.193 e. The van der Waals surface area contributed by atoms with E-state index in [0.29, 0.717) is 0 Å². The molecule has 0 radical (unpaired) electrons. The predicted octanol–water partition coefficient (Wildman–Crippen LogP) is 3.77. The summed E-state index contributed by atoms with van der Waals surface area (Å²) in [6.45, 7) is 2.05. The molecule has 0 fully saturated rings. The topological polar surface area (TPSA) is 23.8 Å². The Balaban J connectivity index is 3.07. The van der Waals surface area contributed by atoms with E-state index >= 15 is 0 Å². The van der Waals surface area contributed by atoms with Crippen LogP contribution in [0.1, 0.15) is 18.9 Å². The summed E-state index contributed by atoms with van der Waals surface area (Å²) in [6, 6.07) is 10.0. The van der Waals surface area contributed by atoms with E-state index < -0.39 is 0 Å². The number of allylic oxidation sites excluding steroid dienone is 2. The Morgan fingerprint density at radius 2 is 2.38 bits per heavy atom. The van der Waals surface area contributed by atoms with E-state index in [-0.39, 0.29) is 0 Å². The Bertz CT molecular complexity index is 361. The SMILES string of the molecule is CCC(=CC#N)c1cccc(Br)c1. The third-order valence-electron chi connectivity index (χ3n) is 1.82. The second-order valence-electron chi connectivity index (χ2n) is 2.66. The second kappa shape index (κ2) is 4.84. The molecule has 0 saturated heterocycles. The van der Waals surface area contributed by atoms with Gasteiger partial charge in [0.2, 0.25) is 0 Å². The number of halogens is 1. The van der Waals surface area contributed by atoms with Crippen molar-refractivity contribution in [3.63, 3.8) is 0 Å². The van der Waals surface area contributed by atoms with Gasteiger partial charge in [0.05, 0.1) is 6.07 Å². The van der Waals surface area contributed by atoms with Crippen LogP contribution in [-0.2, 0) is 0 Å². The summed E-state index contributed by atoms with van der Waals surface area (Å²) in [5.74, 6) is 0. The lowest BCUT2D eigenvalue weighted by molar-refractivity contribution is 1.24. The number of nitrogens with zero attached hydrogens (tertiary/aromatic N) is 1. The van der Waals surface area contributed by atoms with Gasteiger partial charge >= 0.3 is 0 Å². The maximum atomic E-state index is 8.56. The number of nitriles is 1. The fourth-order valence-corrected chi connectivity index (χ4v) is 1.55. The summed E-state index contributed by atoms with van der Waals surface area (Å²) < 4.78 is 1.04. The van der Waals surface area contributed by atoms with Gasteiger partial charge in [-0.2, -0.15) is 5.26 Å². The lowest BCUT2D eigenvalue weighted by atomic mass is 10.0. The van der Waals surface area contributed by atoms with Gasteiger partial charge < -0.3 is 0 Å². The zero-order chi connectivity index (χ0) is 9.68. The molecule has 1 aromatic rings. The molecule has 0 N–H and O–H groups in total. The van der Waals surface area contributed by atoms with E-state index in [2.05, 4.69) is 22.0 Å². The predicted molar refractivity (Wildman–Crippen MR) is 58.0 cm³/mol. The number of benzene rings is 1. The van der Waals surface area contributed by atoms with Gasteiger partial charge in [-0.1, -0.05) is 35.0 Å². The van der Waals surface area contributed by atoms with Crippen LogP contribution in [0.25, 0.3) is 5.57 Å². The first kappa shape index (κ1) is 10.0. The first-order valence-electron chi connectivity index (χ1n) is 4.12. The van der Waals surface area contributed by atoms with Gasteiger partial charge in [-0.05, 0) is 29.7 Å². The molecule has 0 bridgehead atoms. The molecule has 0 spiro atoms. The molecule has 0 aliphatic heterocycles. The number of hydrogen-bond donors (Lipinski definition) is 0. The van der Waals surface area contributed by atoms with Crippen LogP contribution >= 0.6 is 15.9 Å². The summed E-state index contributed by atoms with van der Waals surface area (Å²) in [5.41, 5.74) is 2.18. The minimum Gasteiger partial charge on any atom is -0.193 e. The summed E-state index contributed by atoms with van der Waals surface area (Å²) in [5, 5.41) is 8.56. The van der Waals surface area contributed by atoms with Gasteiger partial charge in [-0.25, -0.2) is 0 Å². The fraction of sp³-hybridized carbons (Fsp3) is 0.182. The van der Waals surface area contributed by atoms with Crippen molar-refractivity contribution < 1.29 is 0 Å². The van der Waals surface area contributed by atoms with Crippen LogP contribution < -0.4 is 0 Å². The molecular weight excluding hydrogens is 226 g/mol. The summed E-state index contributed by atoms with van der Waals surface area (Å²) >= 11 is 3.40. The van der Waals surface area contributed by atoms with Gasteiger partial charge in [0.1, 0.15) is 0 Å². The molecule has 0 amide bonds. The van der Waals surface area contributed by atoms with E-state index in [9.17, 15) is 0 Å². The highest BCUT2D eigenvalue weighted by Crippen LogP contribution is 2.21. The number of rotatable bonds is 2. The Hall–Kier alpha value is -1.07. The standard InChI is InChI=1S/C11H10BrN/c1-2-9(6-7-13)10-4-3-5-11(12)8-10/h3-6,8H,2H2,1H3. The first-order valence-corrected chi connectivity index (χ1v) is 4.91. The summed E-state index contributed by atoms with van der Waals surface area (Å²) in [7, 11) is 0. The van der Waals surface area contributed by atoms with Gasteiger partial charge in [0.25, 0.3) is 0 Å². The molecule has 0 heterocycles. The van der Waals surface area contributed by atoms with Crippen molar-refractivity contribution in [2.45, 2.75) is 13.3 Å². The van der Waals surface area contributed by atoms with Gasteiger partial charge in [-0.15, -0.1) is 0 Å². The van der Waals surface area contributed by atoms with E-state index in [1.165, 1.54) is 0 Å². The molecule has 0 saturated carbocycles. The molecular formula is C11H10BrN. The Kier molecular flexibility index (Phi) is 3.72. The second-order valence-corrected chi connectivity index (χ2v) is 3.58. The third-order valence-corrected chi connectivity index (χ3v) is 2.31. The fourth-order valence-electron chi connectivity index (χ4n) is 1.16. The third kappa shape index (κ3) is 2.71. The molecule has 0 aromatic heterocycles. The van der Waals surface area contributed by atoms with Crippen molar-refractivity contribution in [3.8, 4) is 6.07 Å². The quantitative estimate of drug-likeness (QED) is 0.717.